The summed E-state index contributed by atoms with van der Waals surface area (Å²) in [6.07, 6.45) is 6.01. The Morgan fingerprint density at radius 1 is 1.33 bits per heavy atom. The molecule has 2 aromatic rings. The minimum atomic E-state index is 0.328. The Hall–Kier alpha value is -1.42. The molecule has 2 heterocycles. The number of imidazole rings is 1. The second kappa shape index (κ2) is 4.35. The molecule has 0 atom stereocenters. The van der Waals surface area contributed by atoms with E-state index in [1.807, 2.05) is 6.07 Å². The van der Waals surface area contributed by atoms with Crippen LogP contribution in [0, 0.1) is 0 Å². The van der Waals surface area contributed by atoms with Gasteiger partial charge in [0.2, 0.25) is 0 Å². The molecule has 2 aromatic heterocycles. The van der Waals surface area contributed by atoms with Crippen LogP contribution in [0.4, 0.5) is 0 Å². The predicted molar refractivity (Wildman–Crippen MR) is 70.6 cm³/mol. The van der Waals surface area contributed by atoms with Crippen LogP contribution in [0.2, 0.25) is 5.15 Å². The number of halogens is 1. The largest absolute Gasteiger partial charge is 0.325 e. The van der Waals surface area contributed by atoms with Gasteiger partial charge in [-0.2, -0.15) is 0 Å². The van der Waals surface area contributed by atoms with Crippen molar-refractivity contribution in [2.75, 3.05) is 0 Å². The first-order chi connectivity index (χ1) is 8.65. The molecular weight excluding hydrogens is 248 g/mol. The lowest BCUT2D eigenvalue weighted by molar-refractivity contribution is 0.603. The fraction of sp³-hybridized carbons (Fsp3) is 0.462. The van der Waals surface area contributed by atoms with Gasteiger partial charge < -0.3 is 4.57 Å². The third-order valence-corrected chi connectivity index (χ3v) is 3.36. The van der Waals surface area contributed by atoms with Gasteiger partial charge in [0, 0.05) is 17.7 Å². The first-order valence-electron chi connectivity index (χ1n) is 6.22. The molecule has 0 saturated heterocycles. The van der Waals surface area contributed by atoms with Gasteiger partial charge in [0.25, 0.3) is 0 Å². The molecule has 1 aliphatic carbocycles. The SMILES string of the molecule is CC(C)n1cncc1-c1nc(Cl)cc(C2CC2)n1. The zero-order chi connectivity index (χ0) is 12.7. The van der Waals surface area contributed by atoms with Crippen molar-refractivity contribution in [1.82, 2.24) is 19.5 Å². The zero-order valence-electron chi connectivity index (χ0n) is 10.5. The molecule has 1 aliphatic rings. The standard InChI is InChI=1S/C13H15ClN4/c1-8(2)18-7-15-6-11(18)13-16-10(9-3-4-9)5-12(14)17-13/h5-9H,3-4H2,1-2H3. The summed E-state index contributed by atoms with van der Waals surface area (Å²) in [5.41, 5.74) is 1.98. The van der Waals surface area contributed by atoms with Gasteiger partial charge >= 0.3 is 0 Å². The second-order valence-electron chi connectivity index (χ2n) is 4.99. The van der Waals surface area contributed by atoms with E-state index in [9.17, 15) is 0 Å². The Morgan fingerprint density at radius 3 is 2.78 bits per heavy atom. The van der Waals surface area contributed by atoms with Gasteiger partial charge in [0.1, 0.15) is 10.8 Å². The van der Waals surface area contributed by atoms with E-state index in [-0.39, 0.29) is 0 Å². The fourth-order valence-electron chi connectivity index (χ4n) is 2.03. The maximum Gasteiger partial charge on any atom is 0.179 e. The lowest BCUT2D eigenvalue weighted by atomic mass is 10.2. The van der Waals surface area contributed by atoms with Crippen LogP contribution >= 0.6 is 11.6 Å². The summed E-state index contributed by atoms with van der Waals surface area (Å²) in [5.74, 6) is 1.25. The molecule has 3 rings (SSSR count). The molecule has 0 spiro atoms. The lowest BCUT2D eigenvalue weighted by Crippen LogP contribution is -2.04. The minimum Gasteiger partial charge on any atom is -0.325 e. The number of aromatic nitrogens is 4. The van der Waals surface area contributed by atoms with Crippen molar-refractivity contribution in [3.8, 4) is 11.5 Å². The molecule has 0 radical (unpaired) electrons. The Kier molecular flexibility index (Phi) is 2.82. The van der Waals surface area contributed by atoms with Crippen LogP contribution in [0.3, 0.4) is 0 Å². The highest BCUT2D eigenvalue weighted by Gasteiger charge is 2.26. The Labute approximate surface area is 111 Å². The van der Waals surface area contributed by atoms with Crippen molar-refractivity contribution < 1.29 is 0 Å². The molecule has 4 nitrogen and oxygen atoms in total. The molecule has 0 unspecified atom stereocenters. The van der Waals surface area contributed by atoms with E-state index < -0.39 is 0 Å². The number of nitrogens with zero attached hydrogens (tertiary/aromatic N) is 4. The molecule has 94 valence electrons. The van der Waals surface area contributed by atoms with Crippen LogP contribution in [0.1, 0.15) is 44.3 Å². The van der Waals surface area contributed by atoms with Gasteiger partial charge in [-0.15, -0.1) is 0 Å². The smallest absolute Gasteiger partial charge is 0.179 e. The lowest BCUT2D eigenvalue weighted by Gasteiger charge is -2.11. The first kappa shape index (κ1) is 11.7. The van der Waals surface area contributed by atoms with Crippen molar-refractivity contribution >= 4 is 11.6 Å². The summed E-state index contributed by atoms with van der Waals surface area (Å²) in [6, 6.07) is 2.20. The van der Waals surface area contributed by atoms with Gasteiger partial charge in [-0.05, 0) is 32.8 Å². The van der Waals surface area contributed by atoms with E-state index in [0.717, 1.165) is 11.4 Å². The summed E-state index contributed by atoms with van der Waals surface area (Å²) in [4.78, 5) is 13.1. The maximum atomic E-state index is 6.09. The van der Waals surface area contributed by atoms with Crippen molar-refractivity contribution in [1.29, 1.82) is 0 Å². The van der Waals surface area contributed by atoms with Crippen LogP contribution in [0.5, 0.6) is 0 Å². The molecular formula is C13H15ClN4. The molecule has 0 aliphatic heterocycles. The molecule has 0 N–H and O–H groups in total. The van der Waals surface area contributed by atoms with Gasteiger partial charge in [-0.3, -0.25) is 0 Å². The van der Waals surface area contributed by atoms with E-state index in [0.29, 0.717) is 22.9 Å². The number of hydrogen-bond donors (Lipinski definition) is 0. The van der Waals surface area contributed by atoms with Gasteiger partial charge in [0.15, 0.2) is 5.82 Å². The zero-order valence-corrected chi connectivity index (χ0v) is 11.2. The van der Waals surface area contributed by atoms with Crippen LogP contribution < -0.4 is 0 Å². The van der Waals surface area contributed by atoms with Crippen molar-refractivity contribution in [2.24, 2.45) is 0 Å². The minimum absolute atomic E-state index is 0.328. The summed E-state index contributed by atoms with van der Waals surface area (Å²) in [7, 11) is 0. The molecule has 0 aromatic carbocycles. The summed E-state index contributed by atoms with van der Waals surface area (Å²) < 4.78 is 2.06. The normalized spacial score (nSPS) is 15.3. The van der Waals surface area contributed by atoms with E-state index in [2.05, 4.69) is 33.4 Å². The number of rotatable bonds is 3. The predicted octanol–water partition coefficient (Wildman–Crippen LogP) is 3.45. The van der Waals surface area contributed by atoms with Crippen molar-refractivity contribution in [3.05, 3.63) is 29.4 Å². The fourth-order valence-corrected chi connectivity index (χ4v) is 2.22. The average Bonchev–Trinajstić information content (AvgIpc) is 3.05. The van der Waals surface area contributed by atoms with Gasteiger partial charge in [-0.25, -0.2) is 15.0 Å². The average molecular weight is 263 g/mol. The van der Waals surface area contributed by atoms with Crippen LogP contribution in [-0.2, 0) is 0 Å². The third kappa shape index (κ3) is 2.12. The molecule has 1 fully saturated rings. The topological polar surface area (TPSA) is 43.6 Å². The van der Waals surface area contributed by atoms with Crippen LogP contribution in [0.25, 0.3) is 11.5 Å². The number of hydrogen-bond acceptors (Lipinski definition) is 3. The van der Waals surface area contributed by atoms with Gasteiger partial charge in [0.05, 0.1) is 12.5 Å². The molecule has 0 bridgehead atoms. The van der Waals surface area contributed by atoms with Crippen molar-refractivity contribution in [2.45, 2.75) is 38.6 Å². The summed E-state index contributed by atoms with van der Waals surface area (Å²) in [6.45, 7) is 4.22. The maximum absolute atomic E-state index is 6.09. The Morgan fingerprint density at radius 2 is 2.11 bits per heavy atom. The van der Waals surface area contributed by atoms with E-state index in [1.165, 1.54) is 12.8 Å². The van der Waals surface area contributed by atoms with E-state index in [1.54, 1.807) is 12.5 Å². The quantitative estimate of drug-likeness (QED) is 0.796. The van der Waals surface area contributed by atoms with Crippen LogP contribution in [0.15, 0.2) is 18.6 Å². The van der Waals surface area contributed by atoms with E-state index >= 15 is 0 Å². The van der Waals surface area contributed by atoms with Crippen molar-refractivity contribution in [3.63, 3.8) is 0 Å². The first-order valence-corrected chi connectivity index (χ1v) is 6.59. The Bertz CT molecular complexity index is 572. The highest BCUT2D eigenvalue weighted by molar-refractivity contribution is 6.29. The van der Waals surface area contributed by atoms with Crippen LogP contribution in [-0.4, -0.2) is 19.5 Å². The molecule has 1 saturated carbocycles. The highest BCUT2D eigenvalue weighted by Crippen LogP contribution is 2.40. The highest BCUT2D eigenvalue weighted by atomic mass is 35.5. The molecule has 18 heavy (non-hydrogen) atoms. The second-order valence-corrected chi connectivity index (χ2v) is 5.38. The molecule has 0 amide bonds. The monoisotopic (exact) mass is 262 g/mol. The summed E-state index contributed by atoms with van der Waals surface area (Å²) >= 11 is 6.09. The molecule has 5 heteroatoms. The summed E-state index contributed by atoms with van der Waals surface area (Å²) in [5, 5.41) is 0.512. The van der Waals surface area contributed by atoms with E-state index in [4.69, 9.17) is 11.6 Å². The third-order valence-electron chi connectivity index (χ3n) is 3.16. The Balaban J connectivity index is 2.07. The van der Waals surface area contributed by atoms with Gasteiger partial charge in [-0.1, -0.05) is 11.6 Å².